The topological polar surface area (TPSA) is 58.5 Å². The lowest BCUT2D eigenvalue weighted by Gasteiger charge is -2.36. The minimum absolute atomic E-state index is 0.357. The van der Waals surface area contributed by atoms with Crippen LogP contribution in [0.1, 0.15) is 0 Å². The normalized spacial score (nSPS) is 15.7. The number of hydrogen-bond donors (Lipinski definition) is 2. The first-order valence-electron chi connectivity index (χ1n) is 6.01. The maximum absolute atomic E-state index is 11.8. The average molecular weight is 341 g/mol. The molecule has 1 fully saturated rings. The van der Waals surface area contributed by atoms with Crippen molar-refractivity contribution in [3.8, 4) is 0 Å². The van der Waals surface area contributed by atoms with Crippen molar-refractivity contribution in [1.29, 1.82) is 0 Å². The molecule has 1 aliphatic heterocycles. The number of nitrogen functional groups attached to an aromatic ring is 2. The van der Waals surface area contributed by atoms with Gasteiger partial charge in [0.15, 0.2) is 0 Å². The third-order valence-corrected chi connectivity index (χ3v) is 3.86. The first kappa shape index (κ1) is 17.7. The molecular formula is C12H19Cl2FN4S. The van der Waals surface area contributed by atoms with Crippen LogP contribution in [-0.4, -0.2) is 42.9 Å². The Kier molecular flexibility index (Phi) is 7.19. The molecule has 114 valence electrons. The predicted molar refractivity (Wildman–Crippen MR) is 87.6 cm³/mol. The van der Waals surface area contributed by atoms with Gasteiger partial charge in [0.25, 0.3) is 0 Å². The standard InChI is InChI=1S/C6H6Cl2N2.C6H13FN2S/c7-4-1-3(9)2-5(8)6(4)10;1-8(2)3-6-4-9(5-6)10-7/h1-2H,9-10H2;6H,3-5H2,1-2H3. The van der Waals surface area contributed by atoms with Gasteiger partial charge >= 0.3 is 0 Å². The molecule has 1 aromatic rings. The fraction of sp³-hybridized carbons (Fsp3) is 0.500. The molecule has 20 heavy (non-hydrogen) atoms. The molecule has 0 saturated carbocycles. The highest BCUT2D eigenvalue weighted by molar-refractivity contribution is 7.91. The Balaban J connectivity index is 0.000000200. The van der Waals surface area contributed by atoms with Gasteiger partial charge in [0.1, 0.15) is 12.3 Å². The van der Waals surface area contributed by atoms with E-state index in [1.165, 1.54) is 0 Å². The molecule has 1 aliphatic rings. The van der Waals surface area contributed by atoms with E-state index in [1.807, 2.05) is 14.1 Å². The first-order chi connectivity index (χ1) is 9.33. The van der Waals surface area contributed by atoms with Crippen molar-refractivity contribution in [3.63, 3.8) is 0 Å². The minimum atomic E-state index is 0.357. The van der Waals surface area contributed by atoms with Crippen LogP contribution in [-0.2, 0) is 0 Å². The largest absolute Gasteiger partial charge is 0.399 e. The summed E-state index contributed by atoms with van der Waals surface area (Å²) < 4.78 is 13.5. The van der Waals surface area contributed by atoms with Gasteiger partial charge < -0.3 is 16.4 Å². The Morgan fingerprint density at radius 1 is 1.30 bits per heavy atom. The van der Waals surface area contributed by atoms with Crippen LogP contribution in [0.4, 0.5) is 15.3 Å². The van der Waals surface area contributed by atoms with Gasteiger partial charge in [-0.25, -0.2) is 4.31 Å². The third-order valence-electron chi connectivity index (χ3n) is 2.75. The highest BCUT2D eigenvalue weighted by Gasteiger charge is 2.27. The van der Waals surface area contributed by atoms with Gasteiger partial charge in [-0.05, 0) is 32.1 Å². The zero-order valence-electron chi connectivity index (χ0n) is 11.4. The van der Waals surface area contributed by atoms with E-state index in [9.17, 15) is 3.89 Å². The molecule has 0 amide bonds. The number of rotatable bonds is 3. The molecule has 0 radical (unpaired) electrons. The summed E-state index contributed by atoms with van der Waals surface area (Å²) in [5, 5.41) is 0.787. The van der Waals surface area contributed by atoms with Crippen LogP contribution in [0.25, 0.3) is 0 Å². The average Bonchev–Trinajstić information content (AvgIpc) is 2.30. The number of halogens is 3. The van der Waals surface area contributed by atoms with Crippen molar-refractivity contribution in [2.45, 2.75) is 0 Å². The van der Waals surface area contributed by atoms with Crippen molar-refractivity contribution < 1.29 is 3.89 Å². The molecule has 1 heterocycles. The second-order valence-corrected chi connectivity index (χ2v) is 6.41. The Morgan fingerprint density at radius 2 is 1.80 bits per heavy atom. The predicted octanol–water partition coefficient (Wildman–Crippen LogP) is 3.17. The molecule has 0 aliphatic carbocycles. The molecule has 0 spiro atoms. The molecule has 0 atom stereocenters. The van der Waals surface area contributed by atoms with E-state index in [4.69, 9.17) is 34.7 Å². The van der Waals surface area contributed by atoms with Crippen LogP contribution in [0.5, 0.6) is 0 Å². The zero-order valence-corrected chi connectivity index (χ0v) is 13.8. The molecular weight excluding hydrogens is 322 g/mol. The van der Waals surface area contributed by atoms with Crippen LogP contribution in [0.3, 0.4) is 0 Å². The molecule has 0 aromatic heterocycles. The van der Waals surface area contributed by atoms with Gasteiger partial charge in [0, 0.05) is 25.3 Å². The number of benzene rings is 1. The summed E-state index contributed by atoms with van der Waals surface area (Å²) >= 11 is 11.6. The molecule has 2 rings (SSSR count). The van der Waals surface area contributed by atoms with E-state index in [-0.39, 0.29) is 0 Å². The number of anilines is 2. The Bertz CT molecular complexity index is 418. The number of nitrogens with zero attached hydrogens (tertiary/aromatic N) is 2. The monoisotopic (exact) mass is 340 g/mol. The number of nitrogens with two attached hydrogens (primary N) is 2. The van der Waals surface area contributed by atoms with Crippen molar-refractivity contribution in [3.05, 3.63) is 22.2 Å². The van der Waals surface area contributed by atoms with Crippen LogP contribution >= 0.6 is 35.5 Å². The fourth-order valence-electron chi connectivity index (χ4n) is 1.81. The smallest absolute Gasteiger partial charge is 0.134 e. The summed E-state index contributed by atoms with van der Waals surface area (Å²) in [6.07, 6.45) is 0. The Hall–Kier alpha value is -0.400. The Labute approximate surface area is 133 Å². The maximum atomic E-state index is 11.8. The molecule has 0 bridgehead atoms. The lowest BCUT2D eigenvalue weighted by molar-refractivity contribution is 0.170. The van der Waals surface area contributed by atoms with Crippen LogP contribution in [0, 0.1) is 5.92 Å². The van der Waals surface area contributed by atoms with Crippen LogP contribution < -0.4 is 11.5 Å². The van der Waals surface area contributed by atoms with Crippen molar-refractivity contribution in [2.24, 2.45) is 5.92 Å². The maximum Gasteiger partial charge on any atom is 0.134 e. The van der Waals surface area contributed by atoms with Gasteiger partial charge in [-0.3, -0.25) is 0 Å². The van der Waals surface area contributed by atoms with Crippen LogP contribution in [0.2, 0.25) is 10.0 Å². The second-order valence-electron chi connectivity index (χ2n) is 4.94. The summed E-state index contributed by atoms with van der Waals surface area (Å²) in [5.41, 5.74) is 11.7. The quantitative estimate of drug-likeness (QED) is 0.653. The lowest BCUT2D eigenvalue weighted by Crippen LogP contribution is -2.46. The van der Waals surface area contributed by atoms with Gasteiger partial charge in [0.2, 0.25) is 0 Å². The first-order valence-corrected chi connectivity index (χ1v) is 7.44. The van der Waals surface area contributed by atoms with E-state index in [2.05, 4.69) is 4.90 Å². The lowest BCUT2D eigenvalue weighted by atomic mass is 10.0. The highest BCUT2D eigenvalue weighted by atomic mass is 35.5. The molecule has 1 saturated heterocycles. The van der Waals surface area contributed by atoms with Crippen molar-refractivity contribution in [2.75, 3.05) is 45.2 Å². The molecule has 4 nitrogen and oxygen atoms in total. The van der Waals surface area contributed by atoms with E-state index >= 15 is 0 Å². The summed E-state index contributed by atoms with van der Waals surface area (Å²) in [6.45, 7) is 2.88. The van der Waals surface area contributed by atoms with Gasteiger partial charge in [-0.2, -0.15) is 0 Å². The summed E-state index contributed by atoms with van der Waals surface area (Å²) in [5.74, 6) is 0.679. The van der Waals surface area contributed by atoms with E-state index in [1.54, 1.807) is 16.4 Å². The van der Waals surface area contributed by atoms with E-state index in [0.717, 1.165) is 19.6 Å². The Morgan fingerprint density at radius 3 is 2.20 bits per heavy atom. The number of hydrogen-bond acceptors (Lipinski definition) is 5. The molecule has 0 unspecified atom stereocenters. The SMILES string of the molecule is CN(C)CC1CN(SF)C1.Nc1cc(Cl)c(N)c(Cl)c1. The third kappa shape index (κ3) is 5.54. The van der Waals surface area contributed by atoms with Gasteiger partial charge in [-0.1, -0.05) is 23.2 Å². The van der Waals surface area contributed by atoms with Crippen molar-refractivity contribution >= 4 is 46.9 Å². The fourth-order valence-corrected chi connectivity index (χ4v) is 2.85. The molecule has 8 heteroatoms. The van der Waals surface area contributed by atoms with E-state index in [0.29, 0.717) is 39.7 Å². The summed E-state index contributed by atoms with van der Waals surface area (Å²) in [6, 6.07) is 3.12. The van der Waals surface area contributed by atoms with Gasteiger partial charge in [-0.15, -0.1) is 3.89 Å². The van der Waals surface area contributed by atoms with Crippen molar-refractivity contribution in [1.82, 2.24) is 9.21 Å². The molecule has 4 N–H and O–H groups in total. The highest BCUT2D eigenvalue weighted by Crippen LogP contribution is 2.29. The zero-order chi connectivity index (χ0) is 15.3. The second kappa shape index (κ2) is 8.14. The minimum Gasteiger partial charge on any atom is -0.399 e. The summed E-state index contributed by atoms with van der Waals surface area (Å²) in [4.78, 5) is 2.14. The van der Waals surface area contributed by atoms with Crippen LogP contribution in [0.15, 0.2) is 12.1 Å². The molecule has 1 aromatic carbocycles. The van der Waals surface area contributed by atoms with E-state index < -0.39 is 0 Å². The van der Waals surface area contributed by atoms with Gasteiger partial charge in [0.05, 0.1) is 15.7 Å². The summed E-state index contributed by atoms with van der Waals surface area (Å²) in [7, 11) is 4.09.